The van der Waals surface area contributed by atoms with Crippen LogP contribution in [0.3, 0.4) is 0 Å². The van der Waals surface area contributed by atoms with Crippen LogP contribution >= 0.6 is 0 Å². The third-order valence-corrected chi connectivity index (χ3v) is 4.14. The lowest BCUT2D eigenvalue weighted by atomic mass is 10.3. The lowest BCUT2D eigenvalue weighted by Gasteiger charge is -2.20. The lowest BCUT2D eigenvalue weighted by Crippen LogP contribution is -2.37. The van der Waals surface area contributed by atoms with Crippen molar-refractivity contribution in [3.8, 4) is 0 Å². The van der Waals surface area contributed by atoms with Gasteiger partial charge in [0.15, 0.2) is 5.69 Å². The molecule has 0 amide bonds. The third-order valence-electron chi connectivity index (χ3n) is 2.30. The van der Waals surface area contributed by atoms with Crippen molar-refractivity contribution in [3.63, 3.8) is 0 Å². The Morgan fingerprint density at radius 1 is 1.48 bits per heavy atom. The standard InChI is InChI=1S/C11H11F3N2O4S/c1-2-6-16(7-9(17)18)21(19,20)8-4-3-5-15-10(8)11(12,13)14/h2-5H,1,6-7H2,(H,17,18). The van der Waals surface area contributed by atoms with Crippen LogP contribution in [0.4, 0.5) is 13.2 Å². The second kappa shape index (κ2) is 6.22. The molecule has 1 aromatic heterocycles. The Labute approximate surface area is 118 Å². The molecular weight excluding hydrogens is 313 g/mol. The molecule has 1 rings (SSSR count). The maximum Gasteiger partial charge on any atom is 0.434 e. The topological polar surface area (TPSA) is 87.6 Å². The van der Waals surface area contributed by atoms with Gasteiger partial charge >= 0.3 is 12.1 Å². The molecule has 0 fully saturated rings. The van der Waals surface area contributed by atoms with Crippen LogP contribution in [0.15, 0.2) is 35.9 Å². The van der Waals surface area contributed by atoms with E-state index in [1.807, 2.05) is 0 Å². The van der Waals surface area contributed by atoms with Crippen LogP contribution in [0, 0.1) is 0 Å². The zero-order valence-electron chi connectivity index (χ0n) is 10.5. The maximum absolute atomic E-state index is 12.8. The molecule has 0 bridgehead atoms. The van der Waals surface area contributed by atoms with Crippen molar-refractivity contribution in [1.29, 1.82) is 0 Å². The van der Waals surface area contributed by atoms with E-state index in [-0.39, 0.29) is 0 Å². The number of alkyl halides is 3. The summed E-state index contributed by atoms with van der Waals surface area (Å²) in [4.78, 5) is 12.6. The quantitative estimate of drug-likeness (QED) is 0.798. The number of nitrogens with zero attached hydrogens (tertiary/aromatic N) is 2. The van der Waals surface area contributed by atoms with Crippen LogP contribution in [0.5, 0.6) is 0 Å². The molecular formula is C11H11F3N2O4S. The van der Waals surface area contributed by atoms with E-state index in [9.17, 15) is 26.4 Å². The molecule has 21 heavy (non-hydrogen) atoms. The number of pyridine rings is 1. The molecule has 0 aliphatic carbocycles. The smallest absolute Gasteiger partial charge is 0.434 e. The average molecular weight is 324 g/mol. The predicted octanol–water partition coefficient (Wildman–Crippen LogP) is 1.36. The fourth-order valence-electron chi connectivity index (χ4n) is 1.49. The van der Waals surface area contributed by atoms with Gasteiger partial charge in [-0.15, -0.1) is 6.58 Å². The molecule has 1 aromatic rings. The van der Waals surface area contributed by atoms with Crippen molar-refractivity contribution in [1.82, 2.24) is 9.29 Å². The molecule has 0 saturated carbocycles. The number of carbonyl (C=O) groups is 1. The number of sulfonamides is 1. The Morgan fingerprint density at radius 3 is 2.57 bits per heavy atom. The summed E-state index contributed by atoms with van der Waals surface area (Å²) < 4.78 is 63.2. The molecule has 6 nitrogen and oxygen atoms in total. The SMILES string of the molecule is C=CCN(CC(=O)O)S(=O)(=O)c1cccnc1C(F)(F)F. The summed E-state index contributed by atoms with van der Waals surface area (Å²) in [5.74, 6) is -1.50. The van der Waals surface area contributed by atoms with E-state index in [1.165, 1.54) is 0 Å². The summed E-state index contributed by atoms with van der Waals surface area (Å²) in [7, 11) is -4.67. The van der Waals surface area contributed by atoms with E-state index >= 15 is 0 Å². The van der Waals surface area contributed by atoms with E-state index in [4.69, 9.17) is 5.11 Å². The normalized spacial score (nSPS) is 12.4. The van der Waals surface area contributed by atoms with Crippen LogP contribution < -0.4 is 0 Å². The van der Waals surface area contributed by atoms with Gasteiger partial charge in [0.1, 0.15) is 11.4 Å². The van der Waals surface area contributed by atoms with Gasteiger partial charge in [-0.3, -0.25) is 9.78 Å². The summed E-state index contributed by atoms with van der Waals surface area (Å²) >= 11 is 0. The fourth-order valence-corrected chi connectivity index (χ4v) is 3.02. The monoisotopic (exact) mass is 324 g/mol. The summed E-state index contributed by atoms with van der Waals surface area (Å²) in [5, 5.41) is 8.67. The molecule has 10 heteroatoms. The van der Waals surface area contributed by atoms with Crippen LogP contribution in [-0.4, -0.2) is 41.9 Å². The number of aromatic nitrogens is 1. The van der Waals surface area contributed by atoms with Gasteiger partial charge in [-0.25, -0.2) is 8.42 Å². The van der Waals surface area contributed by atoms with Gasteiger partial charge in [-0.2, -0.15) is 17.5 Å². The largest absolute Gasteiger partial charge is 0.480 e. The molecule has 1 heterocycles. The zero-order valence-corrected chi connectivity index (χ0v) is 11.4. The number of carboxylic acids is 1. The van der Waals surface area contributed by atoms with E-state index in [2.05, 4.69) is 11.6 Å². The highest BCUT2D eigenvalue weighted by Crippen LogP contribution is 2.33. The Morgan fingerprint density at radius 2 is 2.10 bits per heavy atom. The van der Waals surface area contributed by atoms with Gasteiger partial charge in [0.2, 0.25) is 10.0 Å². The highest BCUT2D eigenvalue weighted by atomic mass is 32.2. The first kappa shape index (κ1) is 17.1. The minimum atomic E-state index is -4.98. The summed E-state index contributed by atoms with van der Waals surface area (Å²) in [5.41, 5.74) is -1.59. The first-order chi connectivity index (χ1) is 9.60. The van der Waals surface area contributed by atoms with Gasteiger partial charge < -0.3 is 5.11 Å². The van der Waals surface area contributed by atoms with Crippen LogP contribution in [0.1, 0.15) is 5.69 Å². The minimum Gasteiger partial charge on any atom is -0.480 e. The Kier molecular flexibility index (Phi) is 5.07. The molecule has 0 spiro atoms. The van der Waals surface area contributed by atoms with Crippen molar-refractivity contribution in [2.24, 2.45) is 0 Å². The lowest BCUT2D eigenvalue weighted by molar-refractivity contribution is -0.143. The van der Waals surface area contributed by atoms with Gasteiger partial charge in [0.05, 0.1) is 0 Å². The zero-order chi connectivity index (χ0) is 16.3. The molecule has 0 aliphatic heterocycles. The van der Waals surface area contributed by atoms with Crippen molar-refractivity contribution in [3.05, 3.63) is 36.7 Å². The fraction of sp³-hybridized carbons (Fsp3) is 0.273. The van der Waals surface area contributed by atoms with E-state index in [1.54, 1.807) is 0 Å². The number of hydrogen-bond acceptors (Lipinski definition) is 4. The van der Waals surface area contributed by atoms with E-state index in [0.29, 0.717) is 4.31 Å². The molecule has 0 aliphatic rings. The molecule has 116 valence electrons. The number of hydrogen-bond donors (Lipinski definition) is 1. The van der Waals surface area contributed by atoms with Gasteiger partial charge in [-0.1, -0.05) is 6.08 Å². The second-order valence-electron chi connectivity index (χ2n) is 3.83. The number of rotatable bonds is 6. The molecule has 0 unspecified atom stereocenters. The third kappa shape index (κ3) is 4.02. The molecule has 1 N–H and O–H groups in total. The highest BCUT2D eigenvalue weighted by molar-refractivity contribution is 7.89. The van der Waals surface area contributed by atoms with Gasteiger partial charge in [0.25, 0.3) is 0 Å². The van der Waals surface area contributed by atoms with E-state index in [0.717, 1.165) is 24.4 Å². The number of halogens is 3. The summed E-state index contributed by atoms with van der Waals surface area (Å²) in [6, 6.07) is 1.75. The average Bonchev–Trinajstić information content (AvgIpc) is 2.36. The number of aliphatic carboxylic acids is 1. The van der Waals surface area contributed by atoms with Crippen molar-refractivity contribution >= 4 is 16.0 Å². The maximum atomic E-state index is 12.8. The van der Waals surface area contributed by atoms with Gasteiger partial charge in [0, 0.05) is 12.7 Å². The molecule has 0 saturated heterocycles. The summed E-state index contributed by atoms with van der Waals surface area (Å²) in [6.07, 6.45) is -3.10. The second-order valence-corrected chi connectivity index (χ2v) is 5.73. The van der Waals surface area contributed by atoms with Gasteiger partial charge in [-0.05, 0) is 12.1 Å². The van der Waals surface area contributed by atoms with Crippen molar-refractivity contribution in [2.45, 2.75) is 11.1 Å². The molecule has 0 radical (unpaired) electrons. The predicted molar refractivity (Wildman–Crippen MR) is 65.8 cm³/mol. The molecule has 0 aromatic carbocycles. The van der Waals surface area contributed by atoms with Crippen molar-refractivity contribution < 1.29 is 31.5 Å². The Bertz CT molecular complexity index is 643. The Hall–Kier alpha value is -1.94. The van der Waals surface area contributed by atoms with Crippen molar-refractivity contribution in [2.75, 3.05) is 13.1 Å². The first-order valence-corrected chi connectivity index (χ1v) is 6.89. The first-order valence-electron chi connectivity index (χ1n) is 5.45. The Balaban J connectivity index is 3.42. The number of carboxylic acid groups (broad SMARTS) is 1. The van der Waals surface area contributed by atoms with E-state index < -0.39 is 45.8 Å². The minimum absolute atomic E-state index is 0.370. The highest BCUT2D eigenvalue weighted by Gasteiger charge is 2.40. The van der Waals surface area contributed by atoms with Crippen LogP contribution in [0.2, 0.25) is 0 Å². The summed E-state index contributed by atoms with van der Waals surface area (Å²) in [6.45, 7) is 1.82. The molecule has 0 atom stereocenters. The van der Waals surface area contributed by atoms with Crippen LogP contribution in [-0.2, 0) is 21.0 Å². The van der Waals surface area contributed by atoms with Crippen LogP contribution in [0.25, 0.3) is 0 Å².